The zero-order valence-corrected chi connectivity index (χ0v) is 11.7. The lowest BCUT2D eigenvalue weighted by molar-refractivity contribution is 0.642. The van der Waals surface area contributed by atoms with E-state index >= 15 is 0 Å². The molecule has 0 amide bonds. The largest absolute Gasteiger partial charge is 0.384 e. The average molecular weight is 258 g/mol. The van der Waals surface area contributed by atoms with Gasteiger partial charge in [-0.15, -0.1) is 0 Å². The number of hydrogen-bond donors (Lipinski definition) is 1. The summed E-state index contributed by atoms with van der Waals surface area (Å²) in [5.74, 6) is 1.89. The fourth-order valence-electron chi connectivity index (χ4n) is 1.20. The molecular formula is C13H20ClNS. The number of thioether (sulfide) groups is 1. The highest BCUT2D eigenvalue weighted by Crippen LogP contribution is 2.18. The standard InChI is InChI=1S/C13H20ClNS/c1-10(2)11(3)16-9-8-15-13-6-4-12(14)5-7-13/h4-7,10-11,15H,8-9H2,1-3H3. The van der Waals surface area contributed by atoms with Gasteiger partial charge in [0.15, 0.2) is 0 Å². The van der Waals surface area contributed by atoms with E-state index in [-0.39, 0.29) is 0 Å². The van der Waals surface area contributed by atoms with Gasteiger partial charge in [-0.2, -0.15) is 11.8 Å². The summed E-state index contributed by atoms with van der Waals surface area (Å²) in [5.41, 5.74) is 1.14. The lowest BCUT2D eigenvalue weighted by atomic mass is 10.2. The van der Waals surface area contributed by atoms with Crippen LogP contribution < -0.4 is 5.32 Å². The number of halogens is 1. The van der Waals surface area contributed by atoms with E-state index in [1.807, 2.05) is 36.0 Å². The molecule has 16 heavy (non-hydrogen) atoms. The lowest BCUT2D eigenvalue weighted by Crippen LogP contribution is -2.11. The second-order valence-electron chi connectivity index (χ2n) is 4.25. The lowest BCUT2D eigenvalue weighted by Gasteiger charge is -2.15. The van der Waals surface area contributed by atoms with Crippen LogP contribution in [-0.4, -0.2) is 17.5 Å². The van der Waals surface area contributed by atoms with Crippen molar-refractivity contribution in [3.8, 4) is 0 Å². The Labute approximate surface area is 108 Å². The van der Waals surface area contributed by atoms with Crippen LogP contribution in [0.3, 0.4) is 0 Å². The van der Waals surface area contributed by atoms with Gasteiger partial charge in [-0.1, -0.05) is 32.4 Å². The van der Waals surface area contributed by atoms with Crippen molar-refractivity contribution < 1.29 is 0 Å². The Balaban J connectivity index is 2.18. The maximum absolute atomic E-state index is 5.82. The third-order valence-electron chi connectivity index (χ3n) is 2.59. The van der Waals surface area contributed by atoms with Gasteiger partial charge in [0.1, 0.15) is 0 Å². The number of anilines is 1. The molecule has 0 aliphatic rings. The third kappa shape index (κ3) is 5.13. The Morgan fingerprint density at radius 3 is 2.38 bits per heavy atom. The van der Waals surface area contributed by atoms with Crippen molar-refractivity contribution in [2.75, 3.05) is 17.6 Å². The van der Waals surface area contributed by atoms with Crippen LogP contribution in [0.15, 0.2) is 24.3 Å². The summed E-state index contributed by atoms with van der Waals surface area (Å²) in [6, 6.07) is 7.85. The van der Waals surface area contributed by atoms with E-state index in [1.54, 1.807) is 0 Å². The summed E-state index contributed by atoms with van der Waals surface area (Å²) in [4.78, 5) is 0. The fourth-order valence-corrected chi connectivity index (χ4v) is 2.30. The molecule has 0 heterocycles. The van der Waals surface area contributed by atoms with Crippen molar-refractivity contribution in [1.82, 2.24) is 0 Å². The quantitative estimate of drug-likeness (QED) is 0.752. The molecule has 0 fully saturated rings. The van der Waals surface area contributed by atoms with E-state index in [1.165, 1.54) is 0 Å². The van der Waals surface area contributed by atoms with Gasteiger partial charge in [0.25, 0.3) is 0 Å². The number of nitrogens with one attached hydrogen (secondary N) is 1. The van der Waals surface area contributed by atoms with Crippen molar-refractivity contribution in [3.63, 3.8) is 0 Å². The van der Waals surface area contributed by atoms with Crippen molar-refractivity contribution in [2.45, 2.75) is 26.0 Å². The average Bonchev–Trinajstić information content (AvgIpc) is 2.26. The molecule has 90 valence electrons. The van der Waals surface area contributed by atoms with E-state index in [0.29, 0.717) is 0 Å². The van der Waals surface area contributed by atoms with E-state index in [4.69, 9.17) is 11.6 Å². The number of benzene rings is 1. The topological polar surface area (TPSA) is 12.0 Å². The van der Waals surface area contributed by atoms with Gasteiger partial charge in [0.2, 0.25) is 0 Å². The molecule has 0 saturated carbocycles. The second-order valence-corrected chi connectivity index (χ2v) is 6.18. The summed E-state index contributed by atoms with van der Waals surface area (Å²) in [7, 11) is 0. The van der Waals surface area contributed by atoms with Crippen LogP contribution in [0.25, 0.3) is 0 Å². The monoisotopic (exact) mass is 257 g/mol. The molecule has 0 saturated heterocycles. The van der Waals surface area contributed by atoms with Gasteiger partial charge in [0.05, 0.1) is 0 Å². The first kappa shape index (κ1) is 13.7. The minimum absolute atomic E-state index is 0.729. The highest BCUT2D eigenvalue weighted by Gasteiger charge is 2.06. The summed E-state index contributed by atoms with van der Waals surface area (Å²) in [5, 5.41) is 4.90. The van der Waals surface area contributed by atoms with Gasteiger partial charge in [-0.05, 0) is 30.2 Å². The Morgan fingerprint density at radius 1 is 1.19 bits per heavy atom. The van der Waals surface area contributed by atoms with Gasteiger partial charge in [0, 0.05) is 28.3 Å². The Hall–Kier alpha value is -0.340. The molecule has 1 aromatic carbocycles. The van der Waals surface area contributed by atoms with Gasteiger partial charge in [-0.3, -0.25) is 0 Å². The SMILES string of the molecule is CC(C)C(C)SCCNc1ccc(Cl)cc1. The molecule has 0 aromatic heterocycles. The zero-order chi connectivity index (χ0) is 12.0. The molecule has 0 spiro atoms. The summed E-state index contributed by atoms with van der Waals surface area (Å²) in [6.45, 7) is 7.83. The van der Waals surface area contributed by atoms with Crippen LogP contribution in [0.4, 0.5) is 5.69 Å². The summed E-state index contributed by atoms with van der Waals surface area (Å²) in [6.07, 6.45) is 0. The van der Waals surface area contributed by atoms with E-state index < -0.39 is 0 Å². The Morgan fingerprint density at radius 2 is 1.81 bits per heavy atom. The molecule has 1 nitrogen and oxygen atoms in total. The fraction of sp³-hybridized carbons (Fsp3) is 0.538. The minimum atomic E-state index is 0.729. The van der Waals surface area contributed by atoms with Crippen LogP contribution in [0, 0.1) is 5.92 Å². The molecule has 0 aliphatic carbocycles. The molecule has 1 aromatic rings. The molecule has 0 bridgehead atoms. The van der Waals surface area contributed by atoms with Gasteiger partial charge >= 0.3 is 0 Å². The van der Waals surface area contributed by atoms with Crippen LogP contribution in [0.5, 0.6) is 0 Å². The zero-order valence-electron chi connectivity index (χ0n) is 10.2. The predicted molar refractivity (Wildman–Crippen MR) is 76.7 cm³/mol. The predicted octanol–water partition coefficient (Wildman–Crippen LogP) is 4.53. The number of hydrogen-bond acceptors (Lipinski definition) is 2. The summed E-state index contributed by atoms with van der Waals surface area (Å²) >= 11 is 7.84. The van der Waals surface area contributed by atoms with E-state index in [2.05, 4.69) is 26.1 Å². The third-order valence-corrected chi connectivity index (χ3v) is 4.36. The molecular weight excluding hydrogens is 238 g/mol. The van der Waals surface area contributed by atoms with Crippen molar-refractivity contribution in [3.05, 3.63) is 29.3 Å². The van der Waals surface area contributed by atoms with E-state index in [0.717, 1.165) is 34.2 Å². The second kappa shape index (κ2) is 7.08. The van der Waals surface area contributed by atoms with Crippen LogP contribution >= 0.6 is 23.4 Å². The summed E-state index contributed by atoms with van der Waals surface area (Å²) < 4.78 is 0. The van der Waals surface area contributed by atoms with Crippen molar-refractivity contribution >= 4 is 29.1 Å². The van der Waals surface area contributed by atoms with Crippen molar-refractivity contribution in [2.24, 2.45) is 5.92 Å². The van der Waals surface area contributed by atoms with Crippen molar-refractivity contribution in [1.29, 1.82) is 0 Å². The molecule has 0 aliphatic heterocycles. The molecule has 0 radical (unpaired) electrons. The number of rotatable bonds is 6. The highest BCUT2D eigenvalue weighted by atomic mass is 35.5. The first-order chi connectivity index (χ1) is 7.59. The minimum Gasteiger partial charge on any atom is -0.384 e. The van der Waals surface area contributed by atoms with Gasteiger partial charge in [-0.25, -0.2) is 0 Å². The highest BCUT2D eigenvalue weighted by molar-refractivity contribution is 7.99. The molecule has 1 unspecified atom stereocenters. The Bertz CT molecular complexity index is 297. The smallest absolute Gasteiger partial charge is 0.0407 e. The normalized spacial score (nSPS) is 12.8. The van der Waals surface area contributed by atoms with Crippen LogP contribution in [-0.2, 0) is 0 Å². The Kier molecular flexibility index (Phi) is 6.07. The molecule has 1 N–H and O–H groups in total. The maximum Gasteiger partial charge on any atom is 0.0407 e. The molecule has 1 atom stereocenters. The van der Waals surface area contributed by atoms with Gasteiger partial charge < -0.3 is 5.32 Å². The first-order valence-corrected chi connectivity index (χ1v) is 7.13. The van der Waals surface area contributed by atoms with Crippen LogP contribution in [0.2, 0.25) is 5.02 Å². The maximum atomic E-state index is 5.82. The van der Waals surface area contributed by atoms with Crippen LogP contribution in [0.1, 0.15) is 20.8 Å². The molecule has 1 rings (SSSR count). The molecule has 3 heteroatoms. The first-order valence-electron chi connectivity index (χ1n) is 5.70. The van der Waals surface area contributed by atoms with E-state index in [9.17, 15) is 0 Å².